The Morgan fingerprint density at radius 2 is 1.96 bits per heavy atom. The monoisotopic (exact) mass is 337 g/mol. The van der Waals surface area contributed by atoms with Crippen LogP contribution in [0.4, 0.5) is 5.82 Å². The zero-order valence-corrected chi connectivity index (χ0v) is 14.2. The van der Waals surface area contributed by atoms with E-state index in [1.807, 2.05) is 41.1 Å². The summed E-state index contributed by atoms with van der Waals surface area (Å²) < 4.78 is 9.01. The molecule has 1 atom stereocenters. The minimum atomic E-state index is -0.132. The maximum Gasteiger partial charge on any atom is 0.266 e. The van der Waals surface area contributed by atoms with Crippen LogP contribution in [0.3, 0.4) is 0 Å². The zero-order valence-electron chi connectivity index (χ0n) is 14.2. The Morgan fingerprint density at radius 1 is 1.16 bits per heavy atom. The summed E-state index contributed by atoms with van der Waals surface area (Å²) in [5, 5.41) is 8.66. The minimum Gasteiger partial charge on any atom is -0.480 e. The Kier molecular flexibility index (Phi) is 3.76. The molecule has 0 radical (unpaired) electrons. The number of methoxy groups -OCH3 is 1. The highest BCUT2D eigenvalue weighted by Crippen LogP contribution is 2.29. The number of para-hydroxylation sites is 1. The molecule has 3 heterocycles. The second-order valence-electron chi connectivity index (χ2n) is 6.21. The maximum atomic E-state index is 13.2. The summed E-state index contributed by atoms with van der Waals surface area (Å²) >= 11 is 0. The maximum absolute atomic E-state index is 13.2. The predicted octanol–water partition coefficient (Wildman–Crippen LogP) is 2.37. The molecular formula is C18H19N5O2. The normalized spacial score (nSPS) is 16.6. The van der Waals surface area contributed by atoms with Crippen molar-refractivity contribution < 1.29 is 9.53 Å². The molecule has 4 rings (SSSR count). The van der Waals surface area contributed by atoms with E-state index in [1.54, 1.807) is 29.1 Å². The number of benzene rings is 1. The van der Waals surface area contributed by atoms with Gasteiger partial charge in [-0.1, -0.05) is 25.1 Å². The van der Waals surface area contributed by atoms with Gasteiger partial charge in [0.25, 0.3) is 5.91 Å². The van der Waals surface area contributed by atoms with E-state index in [2.05, 4.69) is 17.1 Å². The van der Waals surface area contributed by atoms with Crippen molar-refractivity contribution in [1.29, 1.82) is 0 Å². The molecule has 1 aliphatic rings. The number of fused-ring (bicyclic) bond motifs is 1. The molecule has 0 fully saturated rings. The van der Waals surface area contributed by atoms with Crippen LogP contribution in [-0.4, -0.2) is 39.1 Å². The summed E-state index contributed by atoms with van der Waals surface area (Å²) in [6.45, 7) is 3.56. The number of aromatic nitrogens is 4. The molecule has 0 bridgehead atoms. The van der Waals surface area contributed by atoms with Crippen LogP contribution in [0.15, 0.2) is 48.8 Å². The van der Waals surface area contributed by atoms with Gasteiger partial charge in [0.15, 0.2) is 0 Å². The standard InChI is InChI=1S/C18H19N5O2/c1-13-11-21(16-8-9-19-22(16)12-13)17(24)15-10-20-23(18(15)25-2)14-6-4-3-5-7-14/h3-10,13H,11-12H2,1-2H3. The Labute approximate surface area is 145 Å². The van der Waals surface area contributed by atoms with Gasteiger partial charge < -0.3 is 4.74 Å². The Morgan fingerprint density at radius 3 is 2.72 bits per heavy atom. The number of hydrogen-bond acceptors (Lipinski definition) is 4. The van der Waals surface area contributed by atoms with Crippen molar-refractivity contribution in [3.05, 3.63) is 54.4 Å². The van der Waals surface area contributed by atoms with E-state index < -0.39 is 0 Å². The fourth-order valence-electron chi connectivity index (χ4n) is 3.22. The van der Waals surface area contributed by atoms with Gasteiger partial charge in [-0.2, -0.15) is 10.2 Å². The van der Waals surface area contributed by atoms with E-state index in [1.165, 1.54) is 0 Å². The van der Waals surface area contributed by atoms with Crippen molar-refractivity contribution in [3.63, 3.8) is 0 Å². The number of carbonyl (C=O) groups excluding carboxylic acids is 1. The molecule has 1 aromatic carbocycles. The lowest BCUT2D eigenvalue weighted by Crippen LogP contribution is -2.41. The van der Waals surface area contributed by atoms with Crippen molar-refractivity contribution in [2.24, 2.45) is 5.92 Å². The van der Waals surface area contributed by atoms with Crippen molar-refractivity contribution in [1.82, 2.24) is 19.6 Å². The lowest BCUT2D eigenvalue weighted by Gasteiger charge is -2.31. The van der Waals surface area contributed by atoms with Crippen LogP contribution in [0.5, 0.6) is 5.88 Å². The van der Waals surface area contributed by atoms with Crippen molar-refractivity contribution in [2.75, 3.05) is 18.6 Å². The SMILES string of the molecule is COc1c(C(=O)N2CC(C)Cn3nccc32)cnn1-c1ccccc1. The molecule has 0 saturated heterocycles. The Hall–Kier alpha value is -3.09. The van der Waals surface area contributed by atoms with Gasteiger partial charge in [0.1, 0.15) is 11.4 Å². The fraction of sp³-hybridized carbons (Fsp3) is 0.278. The summed E-state index contributed by atoms with van der Waals surface area (Å²) in [7, 11) is 1.55. The molecule has 7 nitrogen and oxygen atoms in total. The third kappa shape index (κ3) is 2.57. The molecule has 1 amide bonds. The number of carbonyl (C=O) groups is 1. The van der Waals surface area contributed by atoms with E-state index in [-0.39, 0.29) is 5.91 Å². The number of amides is 1. The summed E-state index contributed by atoms with van der Waals surface area (Å²) in [6.07, 6.45) is 3.28. The van der Waals surface area contributed by atoms with Gasteiger partial charge >= 0.3 is 0 Å². The van der Waals surface area contributed by atoms with Gasteiger partial charge in [0.05, 0.1) is 25.2 Å². The van der Waals surface area contributed by atoms with E-state index in [4.69, 9.17) is 4.74 Å². The van der Waals surface area contributed by atoms with Gasteiger partial charge in [0, 0.05) is 19.2 Å². The number of nitrogens with zero attached hydrogens (tertiary/aromatic N) is 5. The van der Waals surface area contributed by atoms with Gasteiger partial charge in [-0.05, 0) is 18.1 Å². The zero-order chi connectivity index (χ0) is 17.4. The van der Waals surface area contributed by atoms with E-state index in [0.717, 1.165) is 18.1 Å². The summed E-state index contributed by atoms with van der Waals surface area (Å²) in [5.74, 6) is 1.43. The molecule has 128 valence electrons. The van der Waals surface area contributed by atoms with Crippen LogP contribution >= 0.6 is 0 Å². The van der Waals surface area contributed by atoms with Gasteiger partial charge in [-0.15, -0.1) is 0 Å². The first-order valence-corrected chi connectivity index (χ1v) is 8.20. The first kappa shape index (κ1) is 15.4. The second-order valence-corrected chi connectivity index (χ2v) is 6.21. The van der Waals surface area contributed by atoms with Gasteiger partial charge in [0.2, 0.25) is 5.88 Å². The lowest BCUT2D eigenvalue weighted by atomic mass is 10.1. The van der Waals surface area contributed by atoms with Crippen LogP contribution in [-0.2, 0) is 6.54 Å². The van der Waals surface area contributed by atoms with Crippen molar-refractivity contribution in [3.8, 4) is 11.6 Å². The summed E-state index contributed by atoms with van der Waals surface area (Å²) in [4.78, 5) is 14.9. The fourth-order valence-corrected chi connectivity index (χ4v) is 3.22. The number of hydrogen-bond donors (Lipinski definition) is 0. The smallest absolute Gasteiger partial charge is 0.266 e. The summed E-state index contributed by atoms with van der Waals surface area (Å²) in [6, 6.07) is 11.5. The molecule has 1 unspecified atom stereocenters. The third-order valence-electron chi connectivity index (χ3n) is 4.34. The largest absolute Gasteiger partial charge is 0.480 e. The molecule has 7 heteroatoms. The molecular weight excluding hydrogens is 318 g/mol. The van der Waals surface area contributed by atoms with Gasteiger partial charge in [-0.3, -0.25) is 9.69 Å². The number of ether oxygens (including phenoxy) is 1. The average molecular weight is 337 g/mol. The van der Waals surface area contributed by atoms with Gasteiger partial charge in [-0.25, -0.2) is 9.36 Å². The molecule has 2 aromatic heterocycles. The highest BCUT2D eigenvalue weighted by molar-refractivity contribution is 6.07. The van der Waals surface area contributed by atoms with Crippen LogP contribution in [0.1, 0.15) is 17.3 Å². The van der Waals surface area contributed by atoms with E-state index >= 15 is 0 Å². The molecule has 0 saturated carbocycles. The summed E-state index contributed by atoms with van der Waals surface area (Å²) in [5.41, 5.74) is 1.28. The first-order chi connectivity index (χ1) is 12.2. The predicted molar refractivity (Wildman–Crippen MR) is 93.2 cm³/mol. The molecule has 0 spiro atoms. The Bertz CT molecular complexity index is 899. The number of rotatable bonds is 3. The molecule has 0 N–H and O–H groups in total. The quantitative estimate of drug-likeness (QED) is 0.736. The molecule has 0 aliphatic carbocycles. The molecule has 3 aromatic rings. The van der Waals surface area contributed by atoms with Crippen molar-refractivity contribution in [2.45, 2.75) is 13.5 Å². The van der Waals surface area contributed by atoms with Crippen LogP contribution < -0.4 is 9.64 Å². The first-order valence-electron chi connectivity index (χ1n) is 8.20. The minimum absolute atomic E-state index is 0.132. The van der Waals surface area contributed by atoms with Crippen molar-refractivity contribution >= 4 is 11.7 Å². The second kappa shape index (κ2) is 6.08. The highest BCUT2D eigenvalue weighted by atomic mass is 16.5. The van der Waals surface area contributed by atoms with Crippen LogP contribution in [0.2, 0.25) is 0 Å². The lowest BCUT2D eigenvalue weighted by molar-refractivity contribution is 0.0972. The topological polar surface area (TPSA) is 65.2 Å². The highest BCUT2D eigenvalue weighted by Gasteiger charge is 2.31. The molecule has 25 heavy (non-hydrogen) atoms. The van der Waals surface area contributed by atoms with E-state index in [9.17, 15) is 4.79 Å². The van der Waals surface area contributed by atoms with Crippen LogP contribution in [0, 0.1) is 5.92 Å². The third-order valence-corrected chi connectivity index (χ3v) is 4.34. The molecule has 1 aliphatic heterocycles. The van der Waals surface area contributed by atoms with Crippen LogP contribution in [0.25, 0.3) is 5.69 Å². The average Bonchev–Trinajstić information content (AvgIpc) is 3.27. The Balaban J connectivity index is 1.74. The number of anilines is 1. The van der Waals surface area contributed by atoms with E-state index in [0.29, 0.717) is 23.9 Å².